The lowest BCUT2D eigenvalue weighted by molar-refractivity contribution is -0.150. The van der Waals surface area contributed by atoms with Gasteiger partial charge in [0.25, 0.3) is 0 Å². The van der Waals surface area contributed by atoms with Crippen molar-refractivity contribution in [3.05, 3.63) is 34.1 Å². The number of nitrogens with zero attached hydrogens (tertiary/aromatic N) is 1. The largest absolute Gasteiger partial charge is 0.466 e. The van der Waals surface area contributed by atoms with Gasteiger partial charge >= 0.3 is 5.97 Å². The molecule has 0 N–H and O–H groups in total. The molecule has 1 atom stereocenters. The standard InChI is InChI=1S/C15H19BrFNO2/c1-2-20-15(19)12-6-4-8-18(10-12)9-11-5-3-7-13(17)14(11)16/h3,5,7,12H,2,4,6,8-10H2,1H3/t12-/m0/s1. The molecule has 0 aromatic heterocycles. The Morgan fingerprint density at radius 3 is 3.10 bits per heavy atom. The summed E-state index contributed by atoms with van der Waals surface area (Å²) in [5, 5.41) is 0. The summed E-state index contributed by atoms with van der Waals surface area (Å²) in [5.74, 6) is -0.423. The first-order valence-corrected chi connectivity index (χ1v) is 7.73. The van der Waals surface area contributed by atoms with Crippen LogP contribution in [0.25, 0.3) is 0 Å². The van der Waals surface area contributed by atoms with E-state index in [4.69, 9.17) is 4.74 Å². The molecule has 3 nitrogen and oxygen atoms in total. The van der Waals surface area contributed by atoms with Crippen LogP contribution in [0.15, 0.2) is 22.7 Å². The van der Waals surface area contributed by atoms with E-state index in [1.807, 2.05) is 13.0 Å². The van der Waals surface area contributed by atoms with E-state index in [1.54, 1.807) is 6.07 Å². The first-order chi connectivity index (χ1) is 9.61. The number of benzene rings is 1. The molecule has 0 saturated carbocycles. The molecule has 5 heteroatoms. The summed E-state index contributed by atoms with van der Waals surface area (Å²) < 4.78 is 19.1. The third kappa shape index (κ3) is 3.79. The smallest absolute Gasteiger partial charge is 0.310 e. The summed E-state index contributed by atoms with van der Waals surface area (Å²) in [6.07, 6.45) is 1.84. The SMILES string of the molecule is CCOC(=O)[C@H]1CCCN(Cc2cccc(F)c2Br)C1. The monoisotopic (exact) mass is 343 g/mol. The molecule has 110 valence electrons. The Labute approximate surface area is 127 Å². The van der Waals surface area contributed by atoms with Gasteiger partial charge in [-0.15, -0.1) is 0 Å². The molecular formula is C15H19BrFNO2. The van der Waals surface area contributed by atoms with Crippen LogP contribution in [-0.2, 0) is 16.1 Å². The molecule has 1 aliphatic heterocycles. The van der Waals surface area contributed by atoms with E-state index < -0.39 is 0 Å². The number of esters is 1. The number of piperidine rings is 1. The van der Waals surface area contributed by atoms with Crippen LogP contribution in [-0.4, -0.2) is 30.6 Å². The van der Waals surface area contributed by atoms with Gasteiger partial charge < -0.3 is 4.74 Å². The van der Waals surface area contributed by atoms with Crippen LogP contribution in [0.2, 0.25) is 0 Å². The molecule has 1 fully saturated rings. The van der Waals surface area contributed by atoms with Crippen LogP contribution in [0.3, 0.4) is 0 Å². The Morgan fingerprint density at radius 2 is 2.35 bits per heavy atom. The fraction of sp³-hybridized carbons (Fsp3) is 0.533. The summed E-state index contributed by atoms with van der Waals surface area (Å²) in [5.41, 5.74) is 0.912. The van der Waals surface area contributed by atoms with E-state index in [1.165, 1.54) is 6.07 Å². The van der Waals surface area contributed by atoms with Crippen LogP contribution in [0, 0.1) is 11.7 Å². The second kappa shape index (κ2) is 7.18. The van der Waals surface area contributed by atoms with Gasteiger partial charge in [0, 0.05) is 13.1 Å². The summed E-state index contributed by atoms with van der Waals surface area (Å²) >= 11 is 3.28. The number of hydrogen-bond acceptors (Lipinski definition) is 3. The van der Waals surface area contributed by atoms with E-state index in [2.05, 4.69) is 20.8 Å². The molecule has 1 aromatic rings. The normalized spacial score (nSPS) is 19.9. The van der Waals surface area contributed by atoms with Crippen molar-refractivity contribution in [2.45, 2.75) is 26.3 Å². The highest BCUT2D eigenvalue weighted by Crippen LogP contribution is 2.25. The summed E-state index contributed by atoms with van der Waals surface area (Å²) in [7, 11) is 0. The van der Waals surface area contributed by atoms with Gasteiger partial charge in [0.1, 0.15) is 5.82 Å². The summed E-state index contributed by atoms with van der Waals surface area (Å²) in [6, 6.07) is 5.05. The number of carbonyl (C=O) groups is 1. The van der Waals surface area contributed by atoms with Crippen molar-refractivity contribution < 1.29 is 13.9 Å². The van der Waals surface area contributed by atoms with Crippen molar-refractivity contribution >= 4 is 21.9 Å². The van der Waals surface area contributed by atoms with Gasteiger partial charge in [0.2, 0.25) is 0 Å². The zero-order chi connectivity index (χ0) is 14.5. The predicted molar refractivity (Wildman–Crippen MR) is 78.7 cm³/mol. The molecule has 0 aliphatic carbocycles. The Hall–Kier alpha value is -0.940. The number of rotatable bonds is 4. The maximum absolute atomic E-state index is 13.5. The first-order valence-electron chi connectivity index (χ1n) is 6.93. The minimum atomic E-state index is -0.249. The minimum Gasteiger partial charge on any atom is -0.466 e. The lowest BCUT2D eigenvalue weighted by atomic mass is 9.97. The zero-order valence-corrected chi connectivity index (χ0v) is 13.2. The predicted octanol–water partition coefficient (Wildman–Crippen LogP) is 3.36. The second-order valence-electron chi connectivity index (χ2n) is 5.04. The van der Waals surface area contributed by atoms with Crippen LogP contribution in [0.4, 0.5) is 4.39 Å². The minimum absolute atomic E-state index is 0.0592. The Kier molecular flexibility index (Phi) is 5.54. The van der Waals surface area contributed by atoms with E-state index in [0.717, 1.165) is 24.9 Å². The number of hydrogen-bond donors (Lipinski definition) is 0. The van der Waals surface area contributed by atoms with Crippen molar-refractivity contribution in [3.63, 3.8) is 0 Å². The highest BCUT2D eigenvalue weighted by Gasteiger charge is 2.27. The average Bonchev–Trinajstić information content (AvgIpc) is 2.44. The maximum atomic E-state index is 13.5. The molecule has 1 aromatic carbocycles. The summed E-state index contributed by atoms with van der Waals surface area (Å²) in [6.45, 7) is 4.50. The molecule has 20 heavy (non-hydrogen) atoms. The van der Waals surface area contributed by atoms with Gasteiger partial charge in [-0.2, -0.15) is 0 Å². The van der Waals surface area contributed by atoms with E-state index in [0.29, 0.717) is 24.2 Å². The lowest BCUT2D eigenvalue weighted by Gasteiger charge is -2.31. The number of halogens is 2. The van der Waals surface area contributed by atoms with E-state index in [-0.39, 0.29) is 17.7 Å². The van der Waals surface area contributed by atoms with Gasteiger partial charge in [-0.3, -0.25) is 9.69 Å². The van der Waals surface area contributed by atoms with E-state index >= 15 is 0 Å². The van der Waals surface area contributed by atoms with E-state index in [9.17, 15) is 9.18 Å². The molecule has 0 radical (unpaired) electrons. The molecule has 0 unspecified atom stereocenters. The second-order valence-corrected chi connectivity index (χ2v) is 5.83. The van der Waals surface area contributed by atoms with Crippen molar-refractivity contribution in [1.29, 1.82) is 0 Å². The van der Waals surface area contributed by atoms with Crippen molar-refractivity contribution in [3.8, 4) is 0 Å². The Morgan fingerprint density at radius 1 is 1.55 bits per heavy atom. The lowest BCUT2D eigenvalue weighted by Crippen LogP contribution is -2.39. The average molecular weight is 344 g/mol. The number of ether oxygens (including phenoxy) is 1. The topological polar surface area (TPSA) is 29.5 Å². The molecule has 0 amide bonds. The fourth-order valence-electron chi connectivity index (χ4n) is 2.56. The van der Waals surface area contributed by atoms with Crippen molar-refractivity contribution in [2.24, 2.45) is 5.92 Å². The fourth-order valence-corrected chi connectivity index (χ4v) is 2.95. The first kappa shape index (κ1) is 15.4. The highest BCUT2D eigenvalue weighted by atomic mass is 79.9. The molecule has 1 aliphatic rings. The molecule has 2 rings (SSSR count). The highest BCUT2D eigenvalue weighted by molar-refractivity contribution is 9.10. The van der Waals surface area contributed by atoms with Crippen LogP contribution < -0.4 is 0 Å². The number of likely N-dealkylation sites (tertiary alicyclic amines) is 1. The van der Waals surface area contributed by atoms with Crippen molar-refractivity contribution in [1.82, 2.24) is 4.90 Å². The molecule has 1 heterocycles. The van der Waals surface area contributed by atoms with Gasteiger partial charge in [0.05, 0.1) is 17.0 Å². The number of carbonyl (C=O) groups excluding carboxylic acids is 1. The Balaban J connectivity index is 1.99. The molecule has 0 spiro atoms. The van der Waals surface area contributed by atoms with Crippen LogP contribution in [0.1, 0.15) is 25.3 Å². The third-order valence-corrected chi connectivity index (χ3v) is 4.44. The molecule has 0 bridgehead atoms. The maximum Gasteiger partial charge on any atom is 0.310 e. The van der Waals surface area contributed by atoms with Gasteiger partial charge in [-0.05, 0) is 53.9 Å². The van der Waals surface area contributed by atoms with Gasteiger partial charge in [-0.1, -0.05) is 12.1 Å². The van der Waals surface area contributed by atoms with Crippen LogP contribution >= 0.6 is 15.9 Å². The summed E-state index contributed by atoms with van der Waals surface area (Å²) in [4.78, 5) is 14.0. The van der Waals surface area contributed by atoms with Crippen LogP contribution in [0.5, 0.6) is 0 Å². The van der Waals surface area contributed by atoms with Crippen molar-refractivity contribution in [2.75, 3.05) is 19.7 Å². The van der Waals surface area contributed by atoms with Gasteiger partial charge in [0.15, 0.2) is 0 Å². The Bertz CT molecular complexity index is 481. The third-order valence-electron chi connectivity index (χ3n) is 3.55. The van der Waals surface area contributed by atoms with Gasteiger partial charge in [-0.25, -0.2) is 4.39 Å². The molecular weight excluding hydrogens is 325 g/mol. The zero-order valence-electron chi connectivity index (χ0n) is 11.6. The quantitative estimate of drug-likeness (QED) is 0.785. The molecule has 1 saturated heterocycles.